The molecule has 26 heavy (non-hydrogen) atoms. The lowest BCUT2D eigenvalue weighted by atomic mass is 9.88. The van der Waals surface area contributed by atoms with Gasteiger partial charge in [-0.3, -0.25) is 10.1 Å². The largest absolute Gasteiger partial charge is 0.378 e. The molecule has 3 aliphatic heterocycles. The molecule has 2 saturated heterocycles. The molecule has 0 radical (unpaired) electrons. The highest BCUT2D eigenvalue weighted by atomic mass is 16.8. The van der Waals surface area contributed by atoms with E-state index >= 15 is 0 Å². The SMILES string of the molecule is CC1(C)O[C@H]2O[C@@H]3Cn4nnc(-c5ccccc5[N+](=O)[O-])c4[C@]3(O)[C@H]2O1. The van der Waals surface area contributed by atoms with Crippen LogP contribution in [0.1, 0.15) is 19.5 Å². The van der Waals surface area contributed by atoms with E-state index in [2.05, 4.69) is 10.3 Å². The summed E-state index contributed by atoms with van der Waals surface area (Å²) in [6.45, 7) is 3.74. The fraction of sp³-hybridized carbons (Fsp3) is 0.500. The highest BCUT2D eigenvalue weighted by molar-refractivity contribution is 5.73. The summed E-state index contributed by atoms with van der Waals surface area (Å²) in [5.74, 6) is -0.907. The molecule has 1 aromatic heterocycles. The van der Waals surface area contributed by atoms with Crippen LogP contribution < -0.4 is 0 Å². The number of hydrogen-bond donors (Lipinski definition) is 1. The molecule has 2 aromatic rings. The number of benzene rings is 1. The Morgan fingerprint density at radius 1 is 1.35 bits per heavy atom. The maximum Gasteiger partial charge on any atom is 0.278 e. The Bertz CT molecular complexity index is 927. The molecule has 2 fully saturated rings. The van der Waals surface area contributed by atoms with Gasteiger partial charge < -0.3 is 19.3 Å². The molecule has 3 aliphatic rings. The van der Waals surface area contributed by atoms with Gasteiger partial charge in [0.25, 0.3) is 5.69 Å². The average Bonchev–Trinajstić information content (AvgIpc) is 3.25. The van der Waals surface area contributed by atoms with Crippen molar-refractivity contribution >= 4 is 5.69 Å². The van der Waals surface area contributed by atoms with Crippen molar-refractivity contribution in [1.29, 1.82) is 0 Å². The standard InChI is InChI=1S/C16H16N4O6/c1-15(2)25-13-14(26-15)24-10-7-19-12(16(10,13)21)11(17-18-19)8-5-3-4-6-9(8)20(22)23/h3-6,10,13-14,21H,7H2,1-2H3/t10-,13+,14-,16+/m1/s1. The van der Waals surface area contributed by atoms with Gasteiger partial charge in [-0.15, -0.1) is 5.10 Å². The number of ether oxygens (including phenoxy) is 3. The molecule has 0 amide bonds. The number of rotatable bonds is 2. The summed E-state index contributed by atoms with van der Waals surface area (Å²) in [7, 11) is 0. The van der Waals surface area contributed by atoms with Gasteiger partial charge in [-0.25, -0.2) is 4.68 Å². The molecular formula is C16H16N4O6. The zero-order chi connectivity index (χ0) is 18.3. The van der Waals surface area contributed by atoms with Crippen LogP contribution in [-0.2, 0) is 26.4 Å². The number of aliphatic hydroxyl groups is 1. The molecule has 136 valence electrons. The third kappa shape index (κ3) is 1.89. The van der Waals surface area contributed by atoms with E-state index in [1.165, 1.54) is 10.7 Å². The Morgan fingerprint density at radius 2 is 2.12 bits per heavy atom. The number of nitro groups is 1. The number of fused-ring (bicyclic) bond motifs is 5. The average molecular weight is 360 g/mol. The first-order chi connectivity index (χ1) is 12.3. The lowest BCUT2D eigenvalue weighted by Crippen LogP contribution is -2.44. The molecule has 10 nitrogen and oxygen atoms in total. The summed E-state index contributed by atoms with van der Waals surface area (Å²) in [6.07, 6.45) is -2.12. The van der Waals surface area contributed by atoms with Crippen LogP contribution in [-0.4, -0.2) is 49.3 Å². The monoisotopic (exact) mass is 360 g/mol. The van der Waals surface area contributed by atoms with Gasteiger partial charge in [-0.1, -0.05) is 17.3 Å². The van der Waals surface area contributed by atoms with Gasteiger partial charge in [0.1, 0.15) is 23.6 Å². The van der Waals surface area contributed by atoms with Gasteiger partial charge in [0.2, 0.25) is 0 Å². The van der Waals surface area contributed by atoms with E-state index in [1.54, 1.807) is 32.0 Å². The molecule has 0 unspecified atom stereocenters. The second kappa shape index (κ2) is 4.86. The van der Waals surface area contributed by atoms with Crippen molar-refractivity contribution in [2.75, 3.05) is 0 Å². The minimum absolute atomic E-state index is 0.109. The number of nitrogens with zero attached hydrogens (tertiary/aromatic N) is 4. The van der Waals surface area contributed by atoms with E-state index < -0.39 is 34.8 Å². The molecule has 4 heterocycles. The smallest absolute Gasteiger partial charge is 0.278 e. The molecule has 0 aliphatic carbocycles. The van der Waals surface area contributed by atoms with Crippen molar-refractivity contribution in [3.63, 3.8) is 0 Å². The van der Waals surface area contributed by atoms with Crippen LogP contribution in [0.2, 0.25) is 0 Å². The maximum absolute atomic E-state index is 11.5. The predicted molar refractivity (Wildman–Crippen MR) is 84.7 cm³/mol. The highest BCUT2D eigenvalue weighted by Gasteiger charge is 2.68. The van der Waals surface area contributed by atoms with Crippen LogP contribution in [0.25, 0.3) is 11.3 Å². The second-order valence-electron chi connectivity index (χ2n) is 7.12. The van der Waals surface area contributed by atoms with Crippen LogP contribution in [0.4, 0.5) is 5.69 Å². The van der Waals surface area contributed by atoms with E-state index in [4.69, 9.17) is 14.2 Å². The van der Waals surface area contributed by atoms with Crippen LogP contribution >= 0.6 is 0 Å². The van der Waals surface area contributed by atoms with E-state index in [1.807, 2.05) is 0 Å². The normalized spacial score (nSPS) is 33.7. The number of hydrogen-bond acceptors (Lipinski definition) is 8. The molecule has 10 heteroatoms. The van der Waals surface area contributed by atoms with Crippen LogP contribution in [0.5, 0.6) is 0 Å². The molecule has 5 rings (SSSR count). The summed E-state index contributed by atoms with van der Waals surface area (Å²) < 4.78 is 18.9. The Labute approximate surface area is 147 Å². The Balaban J connectivity index is 1.67. The Morgan fingerprint density at radius 3 is 2.88 bits per heavy atom. The van der Waals surface area contributed by atoms with Gasteiger partial charge >= 0.3 is 0 Å². The van der Waals surface area contributed by atoms with Crippen LogP contribution in [0, 0.1) is 10.1 Å². The summed E-state index contributed by atoms with van der Waals surface area (Å²) in [5.41, 5.74) is -0.775. The zero-order valence-corrected chi connectivity index (χ0v) is 14.0. The summed E-state index contributed by atoms with van der Waals surface area (Å²) in [6, 6.07) is 6.23. The minimum Gasteiger partial charge on any atom is -0.378 e. The lowest BCUT2D eigenvalue weighted by molar-refractivity contribution is -0.384. The van der Waals surface area contributed by atoms with Crippen molar-refractivity contribution in [2.24, 2.45) is 0 Å². The first-order valence-corrected chi connectivity index (χ1v) is 8.22. The Kier molecular flexibility index (Phi) is 2.96. The lowest BCUT2D eigenvalue weighted by Gasteiger charge is -2.28. The number of aromatic nitrogens is 3. The fourth-order valence-corrected chi connectivity index (χ4v) is 4.05. The maximum atomic E-state index is 11.5. The van der Waals surface area contributed by atoms with E-state index in [9.17, 15) is 15.2 Å². The zero-order valence-electron chi connectivity index (χ0n) is 14.0. The van der Waals surface area contributed by atoms with Gasteiger partial charge in [0.15, 0.2) is 17.7 Å². The van der Waals surface area contributed by atoms with Crippen LogP contribution in [0.3, 0.4) is 0 Å². The van der Waals surface area contributed by atoms with Crippen LogP contribution in [0.15, 0.2) is 24.3 Å². The molecule has 0 saturated carbocycles. The molecular weight excluding hydrogens is 344 g/mol. The summed E-state index contributed by atoms with van der Waals surface area (Å²) >= 11 is 0. The van der Waals surface area contributed by atoms with Crippen molar-refractivity contribution < 1.29 is 24.2 Å². The van der Waals surface area contributed by atoms with Crippen molar-refractivity contribution in [3.8, 4) is 11.3 Å². The summed E-state index contributed by atoms with van der Waals surface area (Å²) in [5, 5.41) is 31.1. The first-order valence-electron chi connectivity index (χ1n) is 8.22. The minimum atomic E-state index is -1.55. The molecule has 0 spiro atoms. The topological polar surface area (TPSA) is 122 Å². The summed E-state index contributed by atoms with van der Waals surface area (Å²) in [4.78, 5) is 10.9. The number of para-hydroxylation sites is 1. The third-order valence-electron chi connectivity index (χ3n) is 5.09. The quantitative estimate of drug-likeness (QED) is 0.620. The van der Waals surface area contributed by atoms with E-state index in [0.717, 1.165) is 0 Å². The van der Waals surface area contributed by atoms with Gasteiger partial charge in [0.05, 0.1) is 17.0 Å². The Hall–Kier alpha value is -2.40. The molecule has 4 atom stereocenters. The number of nitro benzene ring substituents is 1. The van der Waals surface area contributed by atoms with Crippen molar-refractivity contribution in [3.05, 3.63) is 40.1 Å². The molecule has 1 aromatic carbocycles. The first kappa shape index (κ1) is 15.8. The van der Waals surface area contributed by atoms with Gasteiger partial charge in [-0.05, 0) is 19.9 Å². The highest BCUT2D eigenvalue weighted by Crippen LogP contribution is 2.53. The molecule has 0 bridgehead atoms. The fourth-order valence-electron chi connectivity index (χ4n) is 4.05. The van der Waals surface area contributed by atoms with Gasteiger partial charge in [-0.2, -0.15) is 0 Å². The predicted octanol–water partition coefficient (Wildman–Crippen LogP) is 0.931. The van der Waals surface area contributed by atoms with Crippen molar-refractivity contribution in [1.82, 2.24) is 15.0 Å². The third-order valence-corrected chi connectivity index (χ3v) is 5.09. The van der Waals surface area contributed by atoms with Crippen molar-refractivity contribution in [2.45, 2.75) is 50.3 Å². The van der Waals surface area contributed by atoms with E-state index in [-0.39, 0.29) is 23.5 Å². The molecule has 1 N–H and O–H groups in total. The van der Waals surface area contributed by atoms with E-state index in [0.29, 0.717) is 5.69 Å². The van der Waals surface area contributed by atoms with Gasteiger partial charge in [0, 0.05) is 6.07 Å². The second-order valence-corrected chi connectivity index (χ2v) is 7.12.